The summed E-state index contributed by atoms with van der Waals surface area (Å²) in [5.41, 5.74) is 0.469. The largest absolute Gasteiger partial charge is 0.416 e. The Morgan fingerprint density at radius 1 is 1.00 bits per heavy atom. The van der Waals surface area contributed by atoms with Crippen molar-refractivity contribution in [3.05, 3.63) is 65.2 Å². The lowest BCUT2D eigenvalue weighted by Crippen LogP contribution is -2.18. The zero-order valence-electron chi connectivity index (χ0n) is 12.0. The number of hydrazone groups is 1. The average Bonchev–Trinajstić information content (AvgIpc) is 2.47. The van der Waals surface area contributed by atoms with Crippen molar-refractivity contribution in [2.75, 3.05) is 0 Å². The van der Waals surface area contributed by atoms with E-state index in [-0.39, 0.29) is 4.90 Å². The molecular weight excluding hydrogens is 329 g/mol. The number of halogens is 3. The highest BCUT2D eigenvalue weighted by molar-refractivity contribution is 7.89. The first-order valence-electron chi connectivity index (χ1n) is 6.47. The number of nitrogens with zero attached hydrogens (tertiary/aromatic N) is 1. The summed E-state index contributed by atoms with van der Waals surface area (Å²) in [5.74, 6) is 0. The van der Waals surface area contributed by atoms with E-state index < -0.39 is 21.8 Å². The molecule has 2 aromatic carbocycles. The molecule has 8 heteroatoms. The van der Waals surface area contributed by atoms with Crippen molar-refractivity contribution < 1.29 is 21.6 Å². The molecule has 0 atom stereocenters. The summed E-state index contributed by atoms with van der Waals surface area (Å²) >= 11 is 0. The van der Waals surface area contributed by atoms with E-state index >= 15 is 0 Å². The van der Waals surface area contributed by atoms with Gasteiger partial charge in [-0.05, 0) is 36.8 Å². The smallest absolute Gasteiger partial charge is 0.200 e. The number of alkyl halides is 3. The maximum Gasteiger partial charge on any atom is 0.416 e. The second-order valence-electron chi connectivity index (χ2n) is 4.79. The molecule has 0 amide bonds. The number of sulfonamides is 1. The van der Waals surface area contributed by atoms with Crippen LogP contribution in [0.3, 0.4) is 0 Å². The van der Waals surface area contributed by atoms with Crippen molar-refractivity contribution in [3.8, 4) is 0 Å². The van der Waals surface area contributed by atoms with Crippen LogP contribution >= 0.6 is 0 Å². The molecule has 0 aromatic heterocycles. The van der Waals surface area contributed by atoms with Crippen LogP contribution in [0.25, 0.3) is 0 Å². The Morgan fingerprint density at radius 3 is 2.09 bits per heavy atom. The molecule has 0 aliphatic heterocycles. The van der Waals surface area contributed by atoms with Crippen LogP contribution in [0.2, 0.25) is 0 Å². The molecule has 0 aliphatic carbocycles. The van der Waals surface area contributed by atoms with E-state index in [1.807, 2.05) is 11.8 Å². The van der Waals surface area contributed by atoms with E-state index in [4.69, 9.17) is 0 Å². The van der Waals surface area contributed by atoms with Crippen LogP contribution in [0.1, 0.15) is 16.7 Å². The van der Waals surface area contributed by atoms with Gasteiger partial charge >= 0.3 is 6.18 Å². The fourth-order valence-electron chi connectivity index (χ4n) is 1.70. The summed E-state index contributed by atoms with van der Waals surface area (Å²) in [5, 5.41) is 3.56. The van der Waals surface area contributed by atoms with E-state index in [1.54, 1.807) is 12.1 Å². The van der Waals surface area contributed by atoms with E-state index in [2.05, 4.69) is 5.10 Å². The highest BCUT2D eigenvalue weighted by atomic mass is 32.2. The first-order chi connectivity index (χ1) is 10.7. The van der Waals surface area contributed by atoms with Crippen LogP contribution in [-0.4, -0.2) is 14.6 Å². The Labute approximate surface area is 131 Å². The van der Waals surface area contributed by atoms with Gasteiger partial charge < -0.3 is 0 Å². The van der Waals surface area contributed by atoms with Gasteiger partial charge in [-0.2, -0.15) is 26.7 Å². The average molecular weight is 342 g/mol. The SMILES string of the molecule is Cc1ccc(S(=O)(=O)NN=Cc2ccc(C(F)(F)F)cc2)cc1. The van der Waals surface area contributed by atoms with E-state index in [9.17, 15) is 21.6 Å². The van der Waals surface area contributed by atoms with Gasteiger partial charge in [0.25, 0.3) is 10.0 Å². The molecule has 0 saturated carbocycles. The Balaban J connectivity index is 2.07. The third kappa shape index (κ3) is 4.56. The minimum atomic E-state index is -4.41. The third-order valence-electron chi connectivity index (χ3n) is 2.96. The van der Waals surface area contributed by atoms with Crippen LogP contribution in [0, 0.1) is 6.92 Å². The molecule has 122 valence electrons. The van der Waals surface area contributed by atoms with Gasteiger partial charge in [0, 0.05) is 0 Å². The first-order valence-corrected chi connectivity index (χ1v) is 7.95. The lowest BCUT2D eigenvalue weighted by molar-refractivity contribution is -0.137. The van der Waals surface area contributed by atoms with Crippen LogP contribution in [0.5, 0.6) is 0 Å². The van der Waals surface area contributed by atoms with Crippen LogP contribution in [-0.2, 0) is 16.2 Å². The molecule has 4 nitrogen and oxygen atoms in total. The zero-order valence-corrected chi connectivity index (χ0v) is 12.8. The summed E-state index contributed by atoms with van der Waals surface area (Å²) in [7, 11) is -3.81. The zero-order chi connectivity index (χ0) is 17.1. The maximum atomic E-state index is 12.4. The lowest BCUT2D eigenvalue weighted by atomic mass is 10.1. The van der Waals surface area contributed by atoms with Crippen LogP contribution < -0.4 is 4.83 Å². The minimum Gasteiger partial charge on any atom is -0.200 e. The summed E-state index contributed by atoms with van der Waals surface area (Å²) in [6, 6.07) is 10.4. The van der Waals surface area contributed by atoms with Crippen LogP contribution in [0.15, 0.2) is 58.5 Å². The monoisotopic (exact) mass is 342 g/mol. The van der Waals surface area contributed by atoms with Gasteiger partial charge in [0.05, 0.1) is 16.7 Å². The summed E-state index contributed by atoms with van der Waals surface area (Å²) in [4.78, 5) is 2.06. The Bertz CT molecular complexity index is 796. The number of rotatable bonds is 4. The maximum absolute atomic E-state index is 12.4. The number of benzene rings is 2. The fourth-order valence-corrected chi connectivity index (χ4v) is 2.49. The topological polar surface area (TPSA) is 58.5 Å². The van der Waals surface area contributed by atoms with E-state index in [1.165, 1.54) is 24.3 Å². The highest BCUT2D eigenvalue weighted by Crippen LogP contribution is 2.28. The van der Waals surface area contributed by atoms with Crippen molar-refractivity contribution in [1.29, 1.82) is 0 Å². The van der Waals surface area contributed by atoms with Gasteiger partial charge in [-0.3, -0.25) is 0 Å². The Hall–Kier alpha value is -2.35. The second kappa shape index (κ2) is 6.41. The van der Waals surface area contributed by atoms with E-state index in [0.29, 0.717) is 5.56 Å². The van der Waals surface area contributed by atoms with Crippen molar-refractivity contribution in [3.63, 3.8) is 0 Å². The molecule has 0 saturated heterocycles. The normalized spacial score (nSPS) is 12.5. The van der Waals surface area contributed by atoms with Gasteiger partial charge in [0.2, 0.25) is 0 Å². The summed E-state index contributed by atoms with van der Waals surface area (Å²) in [6.45, 7) is 1.83. The molecule has 0 bridgehead atoms. The Kier molecular flexibility index (Phi) is 4.74. The second-order valence-corrected chi connectivity index (χ2v) is 6.45. The molecule has 23 heavy (non-hydrogen) atoms. The standard InChI is InChI=1S/C15H13F3N2O2S/c1-11-2-8-14(9-3-11)23(21,22)20-19-10-12-4-6-13(7-5-12)15(16,17)18/h2-10,20H,1H3. The predicted molar refractivity (Wildman–Crippen MR) is 80.5 cm³/mol. The molecule has 0 aliphatic rings. The van der Waals surface area contributed by atoms with Crippen molar-refractivity contribution >= 4 is 16.2 Å². The number of nitrogens with one attached hydrogen (secondary N) is 1. The molecule has 0 fully saturated rings. The van der Waals surface area contributed by atoms with E-state index in [0.717, 1.165) is 23.9 Å². The first kappa shape index (κ1) is 17.0. The van der Waals surface area contributed by atoms with Gasteiger partial charge in [0.15, 0.2) is 0 Å². The van der Waals surface area contributed by atoms with Crippen molar-refractivity contribution in [2.24, 2.45) is 5.10 Å². The summed E-state index contributed by atoms with van der Waals surface area (Å²) in [6.07, 6.45) is -3.28. The molecule has 2 aromatic rings. The number of hydrogen-bond acceptors (Lipinski definition) is 3. The van der Waals surface area contributed by atoms with Crippen LogP contribution in [0.4, 0.5) is 13.2 Å². The van der Waals surface area contributed by atoms with Gasteiger partial charge in [-0.25, -0.2) is 4.83 Å². The molecule has 2 rings (SSSR count). The van der Waals surface area contributed by atoms with Gasteiger partial charge in [0.1, 0.15) is 0 Å². The quantitative estimate of drug-likeness (QED) is 0.684. The molecular formula is C15H13F3N2O2S. The third-order valence-corrected chi connectivity index (χ3v) is 4.19. The van der Waals surface area contributed by atoms with Gasteiger partial charge in [-0.1, -0.05) is 29.8 Å². The summed E-state index contributed by atoms with van der Waals surface area (Å²) < 4.78 is 61.1. The predicted octanol–water partition coefficient (Wildman–Crippen LogP) is 3.33. The molecule has 0 spiro atoms. The van der Waals surface area contributed by atoms with Crippen molar-refractivity contribution in [1.82, 2.24) is 4.83 Å². The number of hydrogen-bond donors (Lipinski definition) is 1. The number of aryl methyl sites for hydroxylation is 1. The fraction of sp³-hybridized carbons (Fsp3) is 0.133. The molecule has 0 heterocycles. The molecule has 0 radical (unpaired) electrons. The lowest BCUT2D eigenvalue weighted by Gasteiger charge is -2.06. The van der Waals surface area contributed by atoms with Gasteiger partial charge in [-0.15, -0.1) is 0 Å². The Morgan fingerprint density at radius 2 is 1.57 bits per heavy atom. The van der Waals surface area contributed by atoms with Crippen molar-refractivity contribution in [2.45, 2.75) is 18.0 Å². The highest BCUT2D eigenvalue weighted by Gasteiger charge is 2.29. The molecule has 0 unspecified atom stereocenters. The minimum absolute atomic E-state index is 0.0488. The molecule has 1 N–H and O–H groups in total.